The summed E-state index contributed by atoms with van der Waals surface area (Å²) in [6, 6.07) is 8.76. The molecule has 1 aromatic carbocycles. The van der Waals surface area contributed by atoms with Gasteiger partial charge in [0.15, 0.2) is 0 Å². The molecule has 1 atom stereocenters. The topological polar surface area (TPSA) is 0 Å². The summed E-state index contributed by atoms with van der Waals surface area (Å²) >= 11 is 0. The SMILES string of the molecule is C#CC(C)Cc1ccc(C(C)C)cc1. The van der Waals surface area contributed by atoms with Crippen LogP contribution in [0.1, 0.15) is 37.8 Å². The third-order valence-corrected chi connectivity index (χ3v) is 2.47. The number of hydrogen-bond acceptors (Lipinski definition) is 0. The van der Waals surface area contributed by atoms with E-state index in [9.17, 15) is 0 Å². The number of rotatable bonds is 3. The Hall–Kier alpha value is -1.22. The van der Waals surface area contributed by atoms with Crippen LogP contribution in [0.3, 0.4) is 0 Å². The minimum absolute atomic E-state index is 0.333. The zero-order valence-electron chi connectivity index (χ0n) is 9.25. The van der Waals surface area contributed by atoms with Gasteiger partial charge in [0.25, 0.3) is 0 Å². The first kappa shape index (κ1) is 10.9. The second-order valence-electron chi connectivity index (χ2n) is 4.17. The van der Waals surface area contributed by atoms with Crippen molar-refractivity contribution in [1.29, 1.82) is 0 Å². The molecule has 1 unspecified atom stereocenters. The molecular weight excluding hydrogens is 168 g/mol. The van der Waals surface area contributed by atoms with Crippen molar-refractivity contribution in [3.63, 3.8) is 0 Å². The first-order valence-electron chi connectivity index (χ1n) is 5.18. The summed E-state index contributed by atoms with van der Waals surface area (Å²) in [5.74, 6) is 3.69. The maximum atomic E-state index is 5.35. The predicted octanol–water partition coefficient (Wildman–Crippen LogP) is 3.62. The van der Waals surface area contributed by atoms with Crippen LogP contribution >= 0.6 is 0 Å². The van der Waals surface area contributed by atoms with E-state index < -0.39 is 0 Å². The van der Waals surface area contributed by atoms with Crippen LogP contribution in [-0.4, -0.2) is 0 Å². The summed E-state index contributed by atoms with van der Waals surface area (Å²) < 4.78 is 0. The lowest BCUT2D eigenvalue weighted by Gasteiger charge is -2.08. The van der Waals surface area contributed by atoms with E-state index in [1.54, 1.807) is 0 Å². The Labute approximate surface area is 87.4 Å². The van der Waals surface area contributed by atoms with Crippen molar-refractivity contribution in [1.82, 2.24) is 0 Å². The molecule has 0 amide bonds. The molecule has 0 aliphatic carbocycles. The van der Waals surface area contributed by atoms with Crippen molar-refractivity contribution in [2.24, 2.45) is 5.92 Å². The van der Waals surface area contributed by atoms with Crippen LogP contribution in [0.5, 0.6) is 0 Å². The molecule has 0 bridgehead atoms. The third kappa shape index (κ3) is 2.92. The number of benzene rings is 1. The van der Waals surface area contributed by atoms with Crippen LogP contribution in [0.4, 0.5) is 0 Å². The molecule has 0 aliphatic heterocycles. The largest absolute Gasteiger partial charge is 0.120 e. The molecule has 0 fully saturated rings. The minimum Gasteiger partial charge on any atom is -0.120 e. The smallest absolute Gasteiger partial charge is 0.0212 e. The Morgan fingerprint density at radius 3 is 2.14 bits per heavy atom. The van der Waals surface area contributed by atoms with E-state index >= 15 is 0 Å². The fourth-order valence-corrected chi connectivity index (χ4v) is 1.45. The monoisotopic (exact) mass is 186 g/mol. The van der Waals surface area contributed by atoms with Crippen LogP contribution in [0.2, 0.25) is 0 Å². The molecule has 0 saturated carbocycles. The third-order valence-electron chi connectivity index (χ3n) is 2.47. The first-order chi connectivity index (χ1) is 6.63. The Morgan fingerprint density at radius 2 is 1.71 bits per heavy atom. The molecule has 14 heavy (non-hydrogen) atoms. The van der Waals surface area contributed by atoms with Gasteiger partial charge in [-0.2, -0.15) is 0 Å². The summed E-state index contributed by atoms with van der Waals surface area (Å²) in [4.78, 5) is 0. The van der Waals surface area contributed by atoms with E-state index in [1.165, 1.54) is 11.1 Å². The molecule has 0 heterocycles. The standard InChI is InChI=1S/C14H18/c1-5-12(4)10-13-6-8-14(9-7-13)11(2)3/h1,6-9,11-12H,10H2,2-4H3. The zero-order chi connectivity index (χ0) is 10.6. The van der Waals surface area contributed by atoms with Crippen molar-refractivity contribution in [3.05, 3.63) is 35.4 Å². The molecule has 0 aromatic heterocycles. The Bertz CT molecular complexity index is 311. The molecular formula is C14H18. The van der Waals surface area contributed by atoms with Crippen molar-refractivity contribution >= 4 is 0 Å². The summed E-state index contributed by atoms with van der Waals surface area (Å²) in [5.41, 5.74) is 2.72. The maximum Gasteiger partial charge on any atom is 0.0212 e. The van der Waals surface area contributed by atoms with Gasteiger partial charge >= 0.3 is 0 Å². The highest BCUT2D eigenvalue weighted by atomic mass is 14.1. The van der Waals surface area contributed by atoms with Gasteiger partial charge in [0.1, 0.15) is 0 Å². The molecule has 0 saturated heterocycles. The minimum atomic E-state index is 0.333. The van der Waals surface area contributed by atoms with Gasteiger partial charge in [-0.25, -0.2) is 0 Å². The highest BCUT2D eigenvalue weighted by molar-refractivity contribution is 5.25. The van der Waals surface area contributed by atoms with Crippen LogP contribution < -0.4 is 0 Å². The summed E-state index contributed by atoms with van der Waals surface area (Å²) in [6.45, 7) is 6.49. The second kappa shape index (κ2) is 4.86. The molecule has 1 aromatic rings. The van der Waals surface area contributed by atoms with Gasteiger partial charge in [-0.05, 0) is 23.5 Å². The Kier molecular flexibility index (Phi) is 3.77. The van der Waals surface area contributed by atoms with E-state index in [2.05, 4.69) is 51.0 Å². The van der Waals surface area contributed by atoms with E-state index in [0.717, 1.165) is 6.42 Å². The van der Waals surface area contributed by atoms with Crippen LogP contribution in [-0.2, 0) is 6.42 Å². The van der Waals surface area contributed by atoms with Crippen molar-refractivity contribution in [2.75, 3.05) is 0 Å². The average Bonchev–Trinajstić information content (AvgIpc) is 2.18. The van der Waals surface area contributed by atoms with Crippen LogP contribution in [0.15, 0.2) is 24.3 Å². The predicted molar refractivity (Wildman–Crippen MR) is 62.2 cm³/mol. The number of hydrogen-bond donors (Lipinski definition) is 0. The Balaban J connectivity index is 2.70. The van der Waals surface area contributed by atoms with Gasteiger partial charge in [0, 0.05) is 5.92 Å². The average molecular weight is 186 g/mol. The lowest BCUT2D eigenvalue weighted by Crippen LogP contribution is -1.96. The quantitative estimate of drug-likeness (QED) is 0.632. The zero-order valence-corrected chi connectivity index (χ0v) is 9.25. The molecule has 0 radical (unpaired) electrons. The van der Waals surface area contributed by atoms with E-state index in [-0.39, 0.29) is 0 Å². The lowest BCUT2D eigenvalue weighted by atomic mass is 9.97. The van der Waals surface area contributed by atoms with E-state index in [4.69, 9.17) is 6.42 Å². The van der Waals surface area contributed by atoms with Gasteiger partial charge in [-0.15, -0.1) is 12.3 Å². The van der Waals surface area contributed by atoms with Crippen molar-refractivity contribution in [3.8, 4) is 12.3 Å². The fraction of sp³-hybridized carbons (Fsp3) is 0.429. The van der Waals surface area contributed by atoms with Crippen LogP contribution in [0, 0.1) is 18.3 Å². The second-order valence-corrected chi connectivity index (χ2v) is 4.17. The van der Waals surface area contributed by atoms with Gasteiger partial charge < -0.3 is 0 Å². The van der Waals surface area contributed by atoms with Crippen molar-refractivity contribution < 1.29 is 0 Å². The molecule has 0 heteroatoms. The molecule has 0 spiro atoms. The van der Waals surface area contributed by atoms with Gasteiger partial charge in [-0.1, -0.05) is 45.0 Å². The highest BCUT2D eigenvalue weighted by Gasteiger charge is 2.01. The highest BCUT2D eigenvalue weighted by Crippen LogP contribution is 2.16. The molecule has 1 rings (SSSR count). The molecule has 0 aliphatic rings. The van der Waals surface area contributed by atoms with Crippen LogP contribution in [0.25, 0.3) is 0 Å². The first-order valence-corrected chi connectivity index (χ1v) is 5.18. The molecule has 0 N–H and O–H groups in total. The van der Waals surface area contributed by atoms with Crippen molar-refractivity contribution in [2.45, 2.75) is 33.1 Å². The number of terminal acetylenes is 1. The van der Waals surface area contributed by atoms with E-state index in [1.807, 2.05) is 0 Å². The fourth-order valence-electron chi connectivity index (χ4n) is 1.45. The summed E-state index contributed by atoms with van der Waals surface area (Å²) in [5, 5.41) is 0. The lowest BCUT2D eigenvalue weighted by molar-refractivity contribution is 0.750. The summed E-state index contributed by atoms with van der Waals surface area (Å²) in [6.07, 6.45) is 6.33. The molecule has 0 nitrogen and oxygen atoms in total. The van der Waals surface area contributed by atoms with Gasteiger partial charge in [0.2, 0.25) is 0 Å². The van der Waals surface area contributed by atoms with E-state index in [0.29, 0.717) is 11.8 Å². The Morgan fingerprint density at radius 1 is 1.14 bits per heavy atom. The van der Waals surface area contributed by atoms with Gasteiger partial charge in [-0.3, -0.25) is 0 Å². The normalized spacial score (nSPS) is 12.5. The summed E-state index contributed by atoms with van der Waals surface area (Å²) in [7, 11) is 0. The maximum absolute atomic E-state index is 5.35. The molecule has 74 valence electrons. The van der Waals surface area contributed by atoms with Gasteiger partial charge in [0.05, 0.1) is 0 Å².